The second kappa shape index (κ2) is 4.81. The molecule has 0 amide bonds. The first kappa shape index (κ1) is 12.9. The molecule has 0 aromatic rings. The van der Waals surface area contributed by atoms with Gasteiger partial charge in [-0.1, -0.05) is 20.8 Å². The van der Waals surface area contributed by atoms with Crippen LogP contribution in [-0.4, -0.2) is 31.3 Å². The Hall–Kier alpha value is -0.120. The Balaban J connectivity index is 2.21. The van der Waals surface area contributed by atoms with Crippen LogP contribution in [0.5, 0.6) is 0 Å². The summed E-state index contributed by atoms with van der Waals surface area (Å²) in [5.41, 5.74) is 6.49. The molecular formula is C12H26N2O. The molecule has 0 radical (unpaired) electrons. The highest BCUT2D eigenvalue weighted by atomic mass is 16.5. The number of rotatable bonds is 4. The second-order valence-electron chi connectivity index (χ2n) is 6.05. The summed E-state index contributed by atoms with van der Waals surface area (Å²) in [7, 11) is 0. The molecule has 0 spiro atoms. The molecule has 90 valence electrons. The van der Waals surface area contributed by atoms with Crippen LogP contribution in [0.15, 0.2) is 0 Å². The highest BCUT2D eigenvalue weighted by molar-refractivity contribution is 4.87. The highest BCUT2D eigenvalue weighted by Gasteiger charge is 2.29. The van der Waals surface area contributed by atoms with Gasteiger partial charge >= 0.3 is 0 Å². The van der Waals surface area contributed by atoms with Crippen LogP contribution in [0.3, 0.4) is 0 Å². The summed E-state index contributed by atoms with van der Waals surface area (Å²) in [6.45, 7) is 11.5. The third kappa shape index (κ3) is 4.09. The summed E-state index contributed by atoms with van der Waals surface area (Å²) in [4.78, 5) is 0. The number of hydrogen-bond donors (Lipinski definition) is 2. The maximum atomic E-state index is 6.11. The van der Waals surface area contributed by atoms with Crippen LogP contribution in [0.2, 0.25) is 0 Å². The third-order valence-corrected chi connectivity index (χ3v) is 3.34. The fraction of sp³-hybridized carbons (Fsp3) is 1.00. The van der Waals surface area contributed by atoms with E-state index in [4.69, 9.17) is 10.5 Å². The van der Waals surface area contributed by atoms with Crippen LogP contribution in [0.25, 0.3) is 0 Å². The Kier molecular flexibility index (Phi) is 4.15. The van der Waals surface area contributed by atoms with E-state index >= 15 is 0 Å². The maximum Gasteiger partial charge on any atom is 0.0646 e. The van der Waals surface area contributed by atoms with Crippen LogP contribution in [0, 0.1) is 5.41 Å². The molecule has 0 bridgehead atoms. The van der Waals surface area contributed by atoms with E-state index in [1.165, 1.54) is 0 Å². The minimum atomic E-state index is 0.178. The lowest BCUT2D eigenvalue weighted by molar-refractivity contribution is 0.170. The summed E-state index contributed by atoms with van der Waals surface area (Å²) < 4.78 is 5.39. The SMILES string of the molecule is CC1(NCCC(N)C(C)(C)C)CCOC1. The standard InChI is InChI=1S/C12H26N2O/c1-11(2,3)10(13)5-7-14-12(4)6-8-15-9-12/h10,14H,5-9,13H2,1-4H3. The summed E-state index contributed by atoms with van der Waals surface area (Å²) >= 11 is 0. The van der Waals surface area contributed by atoms with E-state index in [0.717, 1.165) is 32.6 Å². The first-order valence-corrected chi connectivity index (χ1v) is 5.92. The molecule has 1 rings (SSSR count). The van der Waals surface area contributed by atoms with Crippen molar-refractivity contribution < 1.29 is 4.74 Å². The Labute approximate surface area is 93.8 Å². The lowest BCUT2D eigenvalue weighted by atomic mass is 9.85. The summed E-state index contributed by atoms with van der Waals surface area (Å²) in [5.74, 6) is 0. The van der Waals surface area contributed by atoms with Gasteiger partial charge in [0, 0.05) is 18.2 Å². The van der Waals surface area contributed by atoms with Crippen molar-refractivity contribution in [1.82, 2.24) is 5.32 Å². The zero-order valence-corrected chi connectivity index (χ0v) is 10.6. The topological polar surface area (TPSA) is 47.3 Å². The van der Waals surface area contributed by atoms with Crippen molar-refractivity contribution in [2.24, 2.45) is 11.1 Å². The van der Waals surface area contributed by atoms with E-state index in [-0.39, 0.29) is 17.0 Å². The molecule has 0 saturated carbocycles. The van der Waals surface area contributed by atoms with Gasteiger partial charge in [0.15, 0.2) is 0 Å². The van der Waals surface area contributed by atoms with Gasteiger partial charge in [0.05, 0.1) is 6.61 Å². The molecule has 1 aliphatic heterocycles. The van der Waals surface area contributed by atoms with Crippen molar-refractivity contribution in [3.8, 4) is 0 Å². The number of hydrogen-bond acceptors (Lipinski definition) is 3. The fourth-order valence-corrected chi connectivity index (χ4v) is 1.77. The molecule has 1 heterocycles. The van der Waals surface area contributed by atoms with Gasteiger partial charge in [-0.05, 0) is 31.7 Å². The molecule has 2 atom stereocenters. The molecule has 15 heavy (non-hydrogen) atoms. The Bertz CT molecular complexity index is 192. The summed E-state index contributed by atoms with van der Waals surface area (Å²) in [6.07, 6.45) is 2.14. The largest absolute Gasteiger partial charge is 0.379 e. The van der Waals surface area contributed by atoms with Gasteiger partial charge in [0.25, 0.3) is 0 Å². The zero-order chi connectivity index (χ0) is 11.5. The molecule has 3 N–H and O–H groups in total. The average molecular weight is 214 g/mol. The predicted octanol–water partition coefficient (Wildman–Crippen LogP) is 1.52. The van der Waals surface area contributed by atoms with Crippen molar-refractivity contribution in [3.05, 3.63) is 0 Å². The predicted molar refractivity (Wildman–Crippen MR) is 63.9 cm³/mol. The first-order valence-electron chi connectivity index (χ1n) is 5.92. The third-order valence-electron chi connectivity index (χ3n) is 3.34. The van der Waals surface area contributed by atoms with E-state index in [1.807, 2.05) is 0 Å². The minimum Gasteiger partial charge on any atom is -0.379 e. The van der Waals surface area contributed by atoms with E-state index in [1.54, 1.807) is 0 Å². The van der Waals surface area contributed by atoms with Crippen molar-refractivity contribution in [1.29, 1.82) is 0 Å². The van der Waals surface area contributed by atoms with Crippen molar-refractivity contribution in [2.45, 2.75) is 52.1 Å². The van der Waals surface area contributed by atoms with Gasteiger partial charge < -0.3 is 15.8 Å². The van der Waals surface area contributed by atoms with Crippen LogP contribution >= 0.6 is 0 Å². The van der Waals surface area contributed by atoms with Crippen LogP contribution in [0.1, 0.15) is 40.5 Å². The second-order valence-corrected chi connectivity index (χ2v) is 6.05. The van der Waals surface area contributed by atoms with E-state index < -0.39 is 0 Å². The lowest BCUT2D eigenvalue weighted by Gasteiger charge is -2.29. The van der Waals surface area contributed by atoms with E-state index in [9.17, 15) is 0 Å². The number of ether oxygens (including phenoxy) is 1. The quantitative estimate of drug-likeness (QED) is 0.746. The summed E-state index contributed by atoms with van der Waals surface area (Å²) in [6, 6.07) is 0.260. The van der Waals surface area contributed by atoms with Crippen molar-refractivity contribution in [3.63, 3.8) is 0 Å². The number of nitrogens with one attached hydrogen (secondary N) is 1. The van der Waals surface area contributed by atoms with E-state index in [0.29, 0.717) is 0 Å². The Morgan fingerprint density at radius 1 is 1.47 bits per heavy atom. The lowest BCUT2D eigenvalue weighted by Crippen LogP contribution is -2.46. The van der Waals surface area contributed by atoms with Gasteiger partial charge in [-0.2, -0.15) is 0 Å². The van der Waals surface area contributed by atoms with Gasteiger partial charge in [-0.25, -0.2) is 0 Å². The monoisotopic (exact) mass is 214 g/mol. The van der Waals surface area contributed by atoms with Crippen molar-refractivity contribution >= 4 is 0 Å². The molecule has 1 fully saturated rings. The molecule has 0 aromatic heterocycles. The highest BCUT2D eigenvalue weighted by Crippen LogP contribution is 2.21. The number of nitrogens with two attached hydrogens (primary N) is 1. The molecule has 3 heteroatoms. The molecule has 2 unspecified atom stereocenters. The van der Waals surface area contributed by atoms with Gasteiger partial charge in [0.2, 0.25) is 0 Å². The molecule has 0 aromatic carbocycles. The molecular weight excluding hydrogens is 188 g/mol. The first-order chi connectivity index (χ1) is 6.83. The Morgan fingerprint density at radius 3 is 2.60 bits per heavy atom. The summed E-state index contributed by atoms with van der Waals surface area (Å²) in [5, 5.41) is 3.56. The molecule has 1 saturated heterocycles. The van der Waals surface area contributed by atoms with Crippen LogP contribution in [-0.2, 0) is 4.74 Å². The molecule has 3 nitrogen and oxygen atoms in total. The van der Waals surface area contributed by atoms with Crippen molar-refractivity contribution in [2.75, 3.05) is 19.8 Å². The normalized spacial score (nSPS) is 29.4. The van der Waals surface area contributed by atoms with E-state index in [2.05, 4.69) is 33.0 Å². The molecule has 1 aliphatic rings. The smallest absolute Gasteiger partial charge is 0.0646 e. The minimum absolute atomic E-state index is 0.178. The molecule has 0 aliphatic carbocycles. The van der Waals surface area contributed by atoms with Crippen LogP contribution in [0.4, 0.5) is 0 Å². The van der Waals surface area contributed by atoms with Gasteiger partial charge in [-0.3, -0.25) is 0 Å². The Morgan fingerprint density at radius 2 is 2.13 bits per heavy atom. The zero-order valence-electron chi connectivity index (χ0n) is 10.6. The average Bonchev–Trinajstić information content (AvgIpc) is 2.50. The van der Waals surface area contributed by atoms with Gasteiger partial charge in [-0.15, -0.1) is 0 Å². The van der Waals surface area contributed by atoms with Crippen LogP contribution < -0.4 is 11.1 Å². The fourth-order valence-electron chi connectivity index (χ4n) is 1.77. The maximum absolute atomic E-state index is 6.11. The van der Waals surface area contributed by atoms with Gasteiger partial charge in [0.1, 0.15) is 0 Å².